The number of thioether (sulfide) groups is 1. The van der Waals surface area contributed by atoms with E-state index < -0.39 is 0 Å². The molecule has 0 radical (unpaired) electrons. The second-order valence-corrected chi connectivity index (χ2v) is 3.36. The largest absolute Gasteiger partial charge is 0.464 e. The topological polar surface area (TPSA) is 73.9 Å². The molecule has 5 nitrogen and oxygen atoms in total. The average Bonchev–Trinajstić information content (AvgIpc) is 2.04. The normalized spacial score (nSPS) is 10.0. The molecule has 0 aliphatic heterocycles. The van der Waals surface area contributed by atoms with E-state index in [-0.39, 0.29) is 5.95 Å². The van der Waals surface area contributed by atoms with Crippen LogP contribution in [0.2, 0.25) is 0 Å². The number of hydrogen-bond donors (Lipinski definition) is 1. The monoisotopic (exact) mass is 200 g/mol. The van der Waals surface area contributed by atoms with Gasteiger partial charge in [0.1, 0.15) is 0 Å². The molecule has 0 bridgehead atoms. The summed E-state index contributed by atoms with van der Waals surface area (Å²) >= 11 is 1.51. The van der Waals surface area contributed by atoms with Gasteiger partial charge in [0.2, 0.25) is 5.95 Å². The second kappa shape index (κ2) is 4.86. The van der Waals surface area contributed by atoms with Gasteiger partial charge in [-0.25, -0.2) is 0 Å². The lowest BCUT2D eigenvalue weighted by atomic mass is 10.8. The van der Waals surface area contributed by atoms with Crippen molar-refractivity contribution in [3.63, 3.8) is 0 Å². The Morgan fingerprint density at radius 1 is 1.31 bits per heavy atom. The lowest BCUT2D eigenvalue weighted by molar-refractivity contribution is 0.308. The Bertz CT molecular complexity index is 257. The van der Waals surface area contributed by atoms with Crippen LogP contribution in [0.1, 0.15) is 13.8 Å². The third kappa shape index (κ3) is 3.06. The Hall–Kier alpha value is -1.04. The van der Waals surface area contributed by atoms with Crippen molar-refractivity contribution in [1.29, 1.82) is 0 Å². The Morgan fingerprint density at radius 2 is 2.08 bits per heavy atom. The van der Waals surface area contributed by atoms with Crippen LogP contribution in [-0.2, 0) is 0 Å². The summed E-state index contributed by atoms with van der Waals surface area (Å²) in [4.78, 5) is 11.8. The summed E-state index contributed by atoms with van der Waals surface area (Å²) in [6.07, 6.45) is 0. The van der Waals surface area contributed by atoms with Crippen LogP contribution in [-0.4, -0.2) is 27.3 Å². The zero-order valence-corrected chi connectivity index (χ0v) is 8.47. The molecule has 2 N–H and O–H groups in total. The van der Waals surface area contributed by atoms with Crippen molar-refractivity contribution in [2.75, 3.05) is 18.1 Å². The van der Waals surface area contributed by atoms with Gasteiger partial charge in [0.05, 0.1) is 6.61 Å². The number of aromatic nitrogens is 3. The first-order valence-electron chi connectivity index (χ1n) is 4.03. The van der Waals surface area contributed by atoms with E-state index in [1.807, 2.05) is 13.8 Å². The summed E-state index contributed by atoms with van der Waals surface area (Å²) in [5.41, 5.74) is 5.46. The van der Waals surface area contributed by atoms with Gasteiger partial charge in [0, 0.05) is 0 Å². The van der Waals surface area contributed by atoms with Gasteiger partial charge in [-0.05, 0) is 12.7 Å². The van der Waals surface area contributed by atoms with Gasteiger partial charge in [0.15, 0.2) is 5.16 Å². The van der Waals surface area contributed by atoms with Crippen molar-refractivity contribution < 1.29 is 4.74 Å². The van der Waals surface area contributed by atoms with Gasteiger partial charge in [0.25, 0.3) is 0 Å². The molecule has 0 aliphatic carbocycles. The molecule has 0 amide bonds. The molecule has 72 valence electrons. The highest BCUT2D eigenvalue weighted by atomic mass is 32.2. The summed E-state index contributed by atoms with van der Waals surface area (Å²) < 4.78 is 5.12. The lowest BCUT2D eigenvalue weighted by Crippen LogP contribution is -2.04. The van der Waals surface area contributed by atoms with E-state index in [0.29, 0.717) is 17.8 Å². The van der Waals surface area contributed by atoms with Crippen LogP contribution in [0.3, 0.4) is 0 Å². The van der Waals surface area contributed by atoms with Crippen LogP contribution in [0, 0.1) is 0 Å². The predicted molar refractivity (Wildman–Crippen MR) is 51.8 cm³/mol. The van der Waals surface area contributed by atoms with Gasteiger partial charge in [-0.2, -0.15) is 15.0 Å². The lowest BCUT2D eigenvalue weighted by Gasteiger charge is -2.02. The van der Waals surface area contributed by atoms with Crippen LogP contribution in [0.5, 0.6) is 6.01 Å². The molecule has 0 aromatic carbocycles. The van der Waals surface area contributed by atoms with Gasteiger partial charge < -0.3 is 10.5 Å². The molecular weight excluding hydrogens is 188 g/mol. The molecule has 0 unspecified atom stereocenters. The summed E-state index contributed by atoms with van der Waals surface area (Å²) in [6, 6.07) is 0.297. The molecule has 1 aromatic rings. The third-order valence-electron chi connectivity index (χ3n) is 1.16. The molecule has 1 aromatic heterocycles. The summed E-state index contributed by atoms with van der Waals surface area (Å²) in [5.74, 6) is 1.10. The Labute approximate surface area is 81.1 Å². The first-order chi connectivity index (χ1) is 6.26. The molecule has 0 saturated carbocycles. The SMILES string of the molecule is CCOc1nc(N)nc(SCC)n1. The molecule has 0 aliphatic rings. The van der Waals surface area contributed by atoms with Crippen molar-refractivity contribution in [3.05, 3.63) is 0 Å². The number of ether oxygens (including phenoxy) is 1. The zero-order valence-electron chi connectivity index (χ0n) is 7.65. The zero-order chi connectivity index (χ0) is 9.68. The average molecular weight is 200 g/mol. The number of nitrogens with zero attached hydrogens (tertiary/aromatic N) is 3. The molecule has 0 atom stereocenters. The highest BCUT2D eigenvalue weighted by Gasteiger charge is 2.03. The fourth-order valence-corrected chi connectivity index (χ4v) is 1.30. The first-order valence-corrected chi connectivity index (χ1v) is 5.02. The molecule has 0 fully saturated rings. The minimum atomic E-state index is 0.203. The van der Waals surface area contributed by atoms with Crippen LogP contribution < -0.4 is 10.5 Å². The molecule has 13 heavy (non-hydrogen) atoms. The first kappa shape index (κ1) is 10.0. The molecule has 1 heterocycles. The van der Waals surface area contributed by atoms with Gasteiger partial charge >= 0.3 is 6.01 Å². The van der Waals surface area contributed by atoms with Gasteiger partial charge in [-0.3, -0.25) is 0 Å². The van der Waals surface area contributed by atoms with E-state index >= 15 is 0 Å². The summed E-state index contributed by atoms with van der Waals surface area (Å²) in [6.45, 7) is 4.41. The van der Waals surface area contributed by atoms with Gasteiger partial charge in [-0.15, -0.1) is 0 Å². The summed E-state index contributed by atoms with van der Waals surface area (Å²) in [5, 5.41) is 0.610. The quantitative estimate of drug-likeness (QED) is 0.730. The predicted octanol–water partition coefficient (Wildman–Crippen LogP) is 0.964. The van der Waals surface area contributed by atoms with E-state index in [4.69, 9.17) is 10.5 Å². The minimum absolute atomic E-state index is 0.203. The second-order valence-electron chi connectivity index (χ2n) is 2.12. The maximum Gasteiger partial charge on any atom is 0.322 e. The van der Waals surface area contributed by atoms with Crippen molar-refractivity contribution in [3.8, 4) is 6.01 Å². The fourth-order valence-electron chi connectivity index (χ4n) is 0.740. The van der Waals surface area contributed by atoms with Crippen molar-refractivity contribution in [2.45, 2.75) is 19.0 Å². The number of hydrogen-bond acceptors (Lipinski definition) is 6. The highest BCUT2D eigenvalue weighted by molar-refractivity contribution is 7.99. The standard InChI is InChI=1S/C7H12N4OS/c1-3-12-6-9-5(8)10-7(11-6)13-4-2/h3-4H2,1-2H3,(H2,8,9,10,11). The Balaban J connectivity index is 2.83. The third-order valence-corrected chi connectivity index (χ3v) is 1.89. The highest BCUT2D eigenvalue weighted by Crippen LogP contribution is 2.15. The Morgan fingerprint density at radius 3 is 2.69 bits per heavy atom. The van der Waals surface area contributed by atoms with Crippen LogP contribution >= 0.6 is 11.8 Å². The maximum absolute atomic E-state index is 5.46. The maximum atomic E-state index is 5.46. The Kier molecular flexibility index (Phi) is 3.75. The van der Waals surface area contributed by atoms with Gasteiger partial charge in [-0.1, -0.05) is 18.7 Å². The number of anilines is 1. The van der Waals surface area contributed by atoms with E-state index in [0.717, 1.165) is 5.75 Å². The molecule has 0 saturated heterocycles. The van der Waals surface area contributed by atoms with E-state index in [2.05, 4.69) is 15.0 Å². The van der Waals surface area contributed by atoms with Crippen LogP contribution in [0.25, 0.3) is 0 Å². The van der Waals surface area contributed by atoms with Crippen molar-refractivity contribution >= 4 is 17.7 Å². The fraction of sp³-hybridized carbons (Fsp3) is 0.571. The van der Waals surface area contributed by atoms with Crippen LogP contribution in [0.4, 0.5) is 5.95 Å². The smallest absolute Gasteiger partial charge is 0.322 e. The summed E-state index contributed by atoms with van der Waals surface area (Å²) in [7, 11) is 0. The van der Waals surface area contributed by atoms with Crippen molar-refractivity contribution in [1.82, 2.24) is 15.0 Å². The number of nitrogen functional groups attached to an aromatic ring is 1. The minimum Gasteiger partial charge on any atom is -0.464 e. The number of rotatable bonds is 4. The molecular formula is C7H12N4OS. The van der Waals surface area contributed by atoms with E-state index in [1.165, 1.54) is 11.8 Å². The van der Waals surface area contributed by atoms with E-state index in [1.54, 1.807) is 0 Å². The van der Waals surface area contributed by atoms with E-state index in [9.17, 15) is 0 Å². The molecule has 1 rings (SSSR count). The van der Waals surface area contributed by atoms with Crippen LogP contribution in [0.15, 0.2) is 5.16 Å². The molecule has 0 spiro atoms. The number of nitrogens with two attached hydrogens (primary N) is 1. The molecule has 6 heteroatoms. The van der Waals surface area contributed by atoms with Crippen molar-refractivity contribution in [2.24, 2.45) is 0 Å².